The molecule has 12 heavy (non-hydrogen) atoms. The van der Waals surface area contributed by atoms with Crippen LogP contribution in [0.2, 0.25) is 0 Å². The van der Waals surface area contributed by atoms with E-state index in [0.717, 1.165) is 0 Å². The number of hydrogen-bond acceptors (Lipinski definition) is 1. The van der Waals surface area contributed by atoms with Crippen LogP contribution in [0.4, 0.5) is 8.78 Å². The minimum absolute atomic E-state index is 0.0642. The van der Waals surface area contributed by atoms with Gasteiger partial charge in [0, 0.05) is 12.5 Å². The van der Waals surface area contributed by atoms with Crippen LogP contribution in [0, 0.1) is 0 Å². The quantitative estimate of drug-likeness (QED) is 0.626. The van der Waals surface area contributed by atoms with Gasteiger partial charge in [0.25, 0.3) is 5.92 Å². The molecule has 0 amide bonds. The van der Waals surface area contributed by atoms with E-state index in [9.17, 15) is 8.78 Å². The highest BCUT2D eigenvalue weighted by Crippen LogP contribution is 2.38. The van der Waals surface area contributed by atoms with Gasteiger partial charge in [-0.2, -0.15) is 0 Å². The molecular formula is C9H17F2N. The third-order valence-electron chi connectivity index (χ3n) is 2.78. The third kappa shape index (κ3) is 1.76. The van der Waals surface area contributed by atoms with Crippen molar-refractivity contribution in [3.63, 3.8) is 0 Å². The zero-order chi connectivity index (χ0) is 9.35. The van der Waals surface area contributed by atoms with E-state index in [4.69, 9.17) is 0 Å². The molecule has 1 fully saturated rings. The summed E-state index contributed by atoms with van der Waals surface area (Å²) in [6.07, 6.45) is 1.37. The predicted molar refractivity (Wildman–Crippen MR) is 45.5 cm³/mol. The predicted octanol–water partition coefficient (Wildman–Crippen LogP) is 2.51. The standard InChI is InChI=1S/C9H17F2N/c1-7(2)12(3)8-5-4-6-9(8,10)11/h7-8H,4-6H2,1-3H3. The van der Waals surface area contributed by atoms with Gasteiger partial charge in [0.2, 0.25) is 0 Å². The lowest BCUT2D eigenvalue weighted by atomic mass is 10.1. The Labute approximate surface area is 72.7 Å². The van der Waals surface area contributed by atoms with Crippen molar-refractivity contribution in [2.24, 2.45) is 0 Å². The summed E-state index contributed by atoms with van der Waals surface area (Å²) < 4.78 is 26.4. The van der Waals surface area contributed by atoms with Crippen molar-refractivity contribution in [2.75, 3.05) is 7.05 Å². The average molecular weight is 177 g/mol. The monoisotopic (exact) mass is 177 g/mol. The maximum atomic E-state index is 13.2. The lowest BCUT2D eigenvalue weighted by Crippen LogP contribution is -2.45. The highest BCUT2D eigenvalue weighted by molar-refractivity contribution is 4.91. The van der Waals surface area contributed by atoms with Gasteiger partial charge in [-0.1, -0.05) is 0 Å². The highest BCUT2D eigenvalue weighted by atomic mass is 19.3. The molecule has 0 aromatic heterocycles. The van der Waals surface area contributed by atoms with Gasteiger partial charge in [0.15, 0.2) is 0 Å². The van der Waals surface area contributed by atoms with Crippen molar-refractivity contribution in [1.82, 2.24) is 4.90 Å². The molecule has 1 saturated carbocycles. The van der Waals surface area contributed by atoms with E-state index in [2.05, 4.69) is 0 Å². The van der Waals surface area contributed by atoms with E-state index >= 15 is 0 Å². The van der Waals surface area contributed by atoms with Crippen LogP contribution >= 0.6 is 0 Å². The van der Waals surface area contributed by atoms with Crippen LogP contribution in [0.3, 0.4) is 0 Å². The van der Waals surface area contributed by atoms with Crippen molar-refractivity contribution in [3.05, 3.63) is 0 Å². The molecule has 0 saturated heterocycles. The molecule has 0 radical (unpaired) electrons. The maximum absolute atomic E-state index is 13.2. The minimum atomic E-state index is -2.46. The lowest BCUT2D eigenvalue weighted by molar-refractivity contribution is -0.0619. The molecule has 0 aliphatic heterocycles. The first-order valence-corrected chi connectivity index (χ1v) is 4.55. The summed E-state index contributed by atoms with van der Waals surface area (Å²) in [5, 5.41) is 0. The van der Waals surface area contributed by atoms with E-state index in [0.29, 0.717) is 12.8 Å². The van der Waals surface area contributed by atoms with Gasteiger partial charge >= 0.3 is 0 Å². The van der Waals surface area contributed by atoms with Crippen LogP contribution in [0.15, 0.2) is 0 Å². The maximum Gasteiger partial charge on any atom is 0.263 e. The fourth-order valence-electron chi connectivity index (χ4n) is 1.77. The second kappa shape index (κ2) is 3.29. The SMILES string of the molecule is CC(C)N(C)C1CCCC1(F)F. The topological polar surface area (TPSA) is 3.24 Å². The van der Waals surface area contributed by atoms with Gasteiger partial charge in [-0.05, 0) is 33.7 Å². The van der Waals surface area contributed by atoms with E-state index in [1.807, 2.05) is 13.8 Å². The molecule has 1 rings (SSSR count). The molecule has 0 N–H and O–H groups in total. The van der Waals surface area contributed by atoms with E-state index in [-0.39, 0.29) is 12.5 Å². The largest absolute Gasteiger partial charge is 0.295 e. The molecule has 72 valence electrons. The number of halogens is 2. The summed E-state index contributed by atoms with van der Waals surface area (Å²) in [4.78, 5) is 1.78. The summed E-state index contributed by atoms with van der Waals surface area (Å²) in [5.74, 6) is -2.46. The smallest absolute Gasteiger partial charge is 0.263 e. The fraction of sp³-hybridized carbons (Fsp3) is 1.00. The fourth-order valence-corrected chi connectivity index (χ4v) is 1.77. The molecule has 3 heteroatoms. The lowest BCUT2D eigenvalue weighted by Gasteiger charge is -2.32. The zero-order valence-electron chi connectivity index (χ0n) is 7.98. The van der Waals surface area contributed by atoms with Crippen molar-refractivity contribution in [3.8, 4) is 0 Å². The molecule has 0 bridgehead atoms. The molecular weight excluding hydrogens is 160 g/mol. The molecule has 0 heterocycles. The first kappa shape index (κ1) is 9.90. The Kier molecular flexibility index (Phi) is 2.71. The third-order valence-corrected chi connectivity index (χ3v) is 2.78. The summed E-state index contributed by atoms with van der Waals surface area (Å²) in [5.41, 5.74) is 0. The van der Waals surface area contributed by atoms with Gasteiger partial charge in [-0.3, -0.25) is 4.90 Å². The number of nitrogens with zero attached hydrogens (tertiary/aromatic N) is 1. The van der Waals surface area contributed by atoms with Crippen LogP contribution in [0.1, 0.15) is 33.1 Å². The van der Waals surface area contributed by atoms with E-state index in [1.165, 1.54) is 0 Å². The van der Waals surface area contributed by atoms with Crippen LogP contribution in [-0.2, 0) is 0 Å². The van der Waals surface area contributed by atoms with Crippen molar-refractivity contribution < 1.29 is 8.78 Å². The van der Waals surface area contributed by atoms with Crippen molar-refractivity contribution in [1.29, 1.82) is 0 Å². The van der Waals surface area contributed by atoms with Crippen LogP contribution in [0.5, 0.6) is 0 Å². The Morgan fingerprint density at radius 2 is 2.00 bits per heavy atom. The average Bonchev–Trinajstić information content (AvgIpc) is 2.27. The second-order valence-corrected chi connectivity index (χ2v) is 3.93. The number of rotatable bonds is 2. The Morgan fingerprint density at radius 1 is 1.42 bits per heavy atom. The molecule has 1 aliphatic rings. The summed E-state index contributed by atoms with van der Waals surface area (Å²) >= 11 is 0. The van der Waals surface area contributed by atoms with Crippen molar-refractivity contribution >= 4 is 0 Å². The van der Waals surface area contributed by atoms with Crippen LogP contribution < -0.4 is 0 Å². The Balaban J connectivity index is 2.62. The van der Waals surface area contributed by atoms with Gasteiger partial charge in [0.05, 0.1) is 6.04 Å². The summed E-state index contributed by atoms with van der Waals surface area (Å²) in [6.45, 7) is 3.91. The summed E-state index contributed by atoms with van der Waals surface area (Å²) in [7, 11) is 1.79. The minimum Gasteiger partial charge on any atom is -0.295 e. The van der Waals surface area contributed by atoms with Crippen LogP contribution in [-0.4, -0.2) is 30.0 Å². The van der Waals surface area contributed by atoms with Gasteiger partial charge in [0.1, 0.15) is 0 Å². The summed E-state index contributed by atoms with van der Waals surface area (Å²) in [6, 6.07) is -0.323. The first-order valence-electron chi connectivity index (χ1n) is 4.55. The first-order chi connectivity index (χ1) is 5.45. The normalized spacial score (nSPS) is 28.8. The van der Waals surface area contributed by atoms with Gasteiger partial charge < -0.3 is 0 Å². The van der Waals surface area contributed by atoms with Gasteiger partial charge in [-0.25, -0.2) is 8.78 Å². The Bertz CT molecular complexity index is 157. The molecule has 0 spiro atoms. The van der Waals surface area contributed by atoms with Crippen LogP contribution in [0.25, 0.3) is 0 Å². The van der Waals surface area contributed by atoms with E-state index < -0.39 is 12.0 Å². The number of hydrogen-bond donors (Lipinski definition) is 0. The Morgan fingerprint density at radius 3 is 2.33 bits per heavy atom. The molecule has 1 aliphatic carbocycles. The second-order valence-electron chi connectivity index (χ2n) is 3.93. The highest BCUT2D eigenvalue weighted by Gasteiger charge is 2.46. The molecule has 1 unspecified atom stereocenters. The zero-order valence-corrected chi connectivity index (χ0v) is 7.98. The molecule has 0 aromatic rings. The van der Waals surface area contributed by atoms with E-state index in [1.54, 1.807) is 11.9 Å². The van der Waals surface area contributed by atoms with Crippen molar-refractivity contribution in [2.45, 2.75) is 51.1 Å². The number of alkyl halides is 2. The molecule has 0 aromatic carbocycles. The Hall–Kier alpha value is -0.180. The molecule has 1 nitrogen and oxygen atoms in total. The van der Waals surface area contributed by atoms with Gasteiger partial charge in [-0.15, -0.1) is 0 Å². The molecule has 1 atom stereocenters.